The number of alkyl halides is 2. The molecule has 17 nitrogen and oxygen atoms in total. The highest BCUT2D eigenvalue weighted by Crippen LogP contribution is 2.31. The summed E-state index contributed by atoms with van der Waals surface area (Å²) in [5.41, 5.74) is -1.48. The fourth-order valence-electron chi connectivity index (χ4n) is 3.78. The Labute approximate surface area is 297 Å². The van der Waals surface area contributed by atoms with Gasteiger partial charge in [0.05, 0.1) is 47.0 Å². The van der Waals surface area contributed by atoms with Gasteiger partial charge in [0.15, 0.2) is 0 Å². The Morgan fingerprint density at radius 1 is 1.02 bits per heavy atom. The fraction of sp³-hybridized carbons (Fsp3) is 0.231. The molecule has 0 spiro atoms. The number of carbonyl (C=O) groups excluding carboxylic acids is 2. The zero-order valence-corrected chi connectivity index (χ0v) is 29.8. The average molecular weight is 802 g/mol. The average Bonchev–Trinajstić information content (AvgIpc) is 3.30. The Bertz CT molecular complexity index is 2200. The number of anilines is 2. The van der Waals surface area contributed by atoms with Crippen LogP contribution in [0.2, 0.25) is 15.2 Å². The molecule has 0 saturated heterocycles. The highest BCUT2D eigenvalue weighted by molar-refractivity contribution is 7.92. The molecule has 0 bridgehead atoms. The normalized spacial score (nSPS) is 11.3. The number of halogens is 5. The molecule has 2 aromatic carbocycles. The van der Waals surface area contributed by atoms with Crippen LogP contribution in [0.15, 0.2) is 52.2 Å². The summed E-state index contributed by atoms with van der Waals surface area (Å²) >= 11 is 17.6. The first kappa shape index (κ1) is 39.9. The van der Waals surface area contributed by atoms with Crippen molar-refractivity contribution in [1.82, 2.24) is 29.0 Å². The van der Waals surface area contributed by atoms with Gasteiger partial charge in [-0.1, -0.05) is 46.9 Å². The van der Waals surface area contributed by atoms with Gasteiger partial charge in [0, 0.05) is 6.07 Å². The Balaban J connectivity index is 0.000000274. The molecule has 2 amide bonds. The number of carbonyl (C=O) groups is 2. The predicted molar refractivity (Wildman–Crippen MR) is 178 cm³/mol. The first-order valence-electron chi connectivity index (χ1n) is 13.4. The molecule has 24 heteroatoms. The lowest BCUT2D eigenvalue weighted by Crippen LogP contribution is -2.35. The molecule has 2 heterocycles. The molecule has 270 valence electrons. The lowest BCUT2D eigenvalue weighted by molar-refractivity contribution is 0.0521. The molecule has 2 aromatic heterocycles. The van der Waals surface area contributed by atoms with Crippen molar-refractivity contribution in [2.45, 2.75) is 25.3 Å². The Morgan fingerprint density at radius 3 is 2.26 bits per heavy atom. The van der Waals surface area contributed by atoms with Crippen molar-refractivity contribution in [2.75, 3.05) is 30.0 Å². The van der Waals surface area contributed by atoms with Gasteiger partial charge in [-0.05, 0) is 38.1 Å². The third-order valence-corrected chi connectivity index (χ3v) is 8.53. The lowest BCUT2D eigenvalue weighted by atomic mass is 10.2. The van der Waals surface area contributed by atoms with Gasteiger partial charge in [0.25, 0.3) is 10.0 Å². The second-order valence-corrected chi connectivity index (χ2v) is 14.0. The summed E-state index contributed by atoms with van der Waals surface area (Å²) in [5.74, 6) is -1.26. The van der Waals surface area contributed by atoms with Gasteiger partial charge >= 0.3 is 24.2 Å². The maximum Gasteiger partial charge on any atom is 0.355 e. The fourth-order valence-corrected chi connectivity index (χ4v) is 6.19. The van der Waals surface area contributed by atoms with Crippen molar-refractivity contribution in [1.29, 1.82) is 0 Å². The second-order valence-electron chi connectivity index (χ2n) is 9.38. The minimum atomic E-state index is -4.38. The van der Waals surface area contributed by atoms with Crippen LogP contribution in [0.5, 0.6) is 5.88 Å². The maximum atomic E-state index is 12.8. The molecule has 0 fully saturated rings. The SMILES string of the molecule is CCOC(=O)c1ccccc1S(=O)(=O)NC(=O)Nc1nc(Cl)cc(OC)n1.Cc1nn(-c2cc(NS(C)(=O)=O)c(Cl)cc2Cl)c(=O)n1C(F)F. The van der Waals surface area contributed by atoms with Crippen LogP contribution in [0.4, 0.5) is 25.2 Å². The Hall–Kier alpha value is -4.57. The lowest BCUT2D eigenvalue weighted by Gasteiger charge is -2.11. The van der Waals surface area contributed by atoms with E-state index in [1.165, 1.54) is 50.4 Å². The number of rotatable bonds is 10. The van der Waals surface area contributed by atoms with E-state index in [9.17, 15) is 40.0 Å². The number of sulfonamides is 2. The summed E-state index contributed by atoms with van der Waals surface area (Å²) in [4.78, 5) is 43.1. The summed E-state index contributed by atoms with van der Waals surface area (Å²) in [6, 6.07) is 7.77. The third-order valence-electron chi connectivity index (χ3n) is 5.74. The molecule has 0 atom stereocenters. The first-order chi connectivity index (χ1) is 23.3. The van der Waals surface area contributed by atoms with Gasteiger partial charge in [-0.25, -0.2) is 45.5 Å². The van der Waals surface area contributed by atoms with E-state index in [2.05, 4.69) is 25.1 Å². The maximum absolute atomic E-state index is 12.8. The summed E-state index contributed by atoms with van der Waals surface area (Å²) < 4.78 is 87.7. The summed E-state index contributed by atoms with van der Waals surface area (Å²) in [6.45, 7) is -0.200. The molecule has 3 N–H and O–H groups in total. The molecule has 0 aliphatic heterocycles. The van der Waals surface area contributed by atoms with E-state index in [1.54, 1.807) is 11.6 Å². The van der Waals surface area contributed by atoms with Crippen LogP contribution in [0.25, 0.3) is 5.69 Å². The molecule has 0 aliphatic rings. The van der Waals surface area contributed by atoms with E-state index in [0.29, 0.717) is 4.68 Å². The van der Waals surface area contributed by atoms with Gasteiger partial charge in [0.2, 0.25) is 21.9 Å². The summed E-state index contributed by atoms with van der Waals surface area (Å²) in [6.07, 6.45) is 0.902. The van der Waals surface area contributed by atoms with Gasteiger partial charge in [-0.3, -0.25) is 10.0 Å². The number of aryl methyl sites for hydroxylation is 1. The van der Waals surface area contributed by atoms with Crippen molar-refractivity contribution in [3.63, 3.8) is 0 Å². The molecule has 0 saturated carbocycles. The monoisotopic (exact) mass is 800 g/mol. The first-order valence-corrected chi connectivity index (χ1v) is 17.9. The quantitative estimate of drug-likeness (QED) is 0.151. The van der Waals surface area contributed by atoms with Crippen molar-refractivity contribution >= 4 is 78.5 Å². The van der Waals surface area contributed by atoms with Crippen LogP contribution < -0.4 is 25.2 Å². The van der Waals surface area contributed by atoms with Crippen LogP contribution in [0.3, 0.4) is 0 Å². The minimum Gasteiger partial charge on any atom is -0.481 e. The number of esters is 1. The van der Waals surface area contributed by atoms with Gasteiger partial charge in [-0.2, -0.15) is 18.4 Å². The van der Waals surface area contributed by atoms with E-state index < -0.39 is 49.2 Å². The molecule has 50 heavy (non-hydrogen) atoms. The van der Waals surface area contributed by atoms with E-state index in [1.807, 2.05) is 0 Å². The number of nitrogens with one attached hydrogen (secondary N) is 3. The zero-order valence-electron chi connectivity index (χ0n) is 25.9. The van der Waals surface area contributed by atoms with Crippen molar-refractivity contribution in [2.24, 2.45) is 0 Å². The highest BCUT2D eigenvalue weighted by Gasteiger charge is 2.25. The molecular formula is C26H25Cl3F2N8O9S2. The third kappa shape index (κ3) is 10.2. The number of urea groups is 1. The van der Waals surface area contributed by atoms with Crippen molar-refractivity contribution < 1.29 is 44.7 Å². The van der Waals surface area contributed by atoms with Gasteiger partial charge in [0.1, 0.15) is 15.9 Å². The van der Waals surface area contributed by atoms with Gasteiger partial charge in [-0.15, -0.1) is 5.10 Å². The van der Waals surface area contributed by atoms with Crippen LogP contribution in [0.1, 0.15) is 29.7 Å². The Morgan fingerprint density at radius 2 is 1.68 bits per heavy atom. The molecule has 0 unspecified atom stereocenters. The smallest absolute Gasteiger partial charge is 0.355 e. The number of amides is 2. The number of nitrogens with zero attached hydrogens (tertiary/aromatic N) is 5. The van der Waals surface area contributed by atoms with E-state index in [0.717, 1.165) is 12.3 Å². The van der Waals surface area contributed by atoms with Crippen LogP contribution >= 0.6 is 34.8 Å². The minimum absolute atomic E-state index is 0.0207. The number of aromatic nitrogens is 5. The number of hydrogen-bond donors (Lipinski definition) is 3. The molecule has 4 rings (SSSR count). The van der Waals surface area contributed by atoms with Crippen LogP contribution in [-0.2, 0) is 24.8 Å². The number of hydrogen-bond acceptors (Lipinski definition) is 12. The molecule has 0 aliphatic carbocycles. The largest absolute Gasteiger partial charge is 0.481 e. The van der Waals surface area contributed by atoms with Crippen LogP contribution in [-0.4, -0.2) is 73.1 Å². The molecule has 0 radical (unpaired) electrons. The van der Waals surface area contributed by atoms with E-state index >= 15 is 0 Å². The second kappa shape index (κ2) is 16.4. The van der Waals surface area contributed by atoms with Crippen molar-refractivity contribution in [3.05, 3.63) is 79.5 Å². The summed E-state index contributed by atoms with van der Waals surface area (Å²) in [7, 11) is -6.70. The number of methoxy groups -OCH3 is 1. The summed E-state index contributed by atoms with van der Waals surface area (Å²) in [5, 5.41) is 5.73. The van der Waals surface area contributed by atoms with Crippen molar-refractivity contribution in [3.8, 4) is 11.6 Å². The van der Waals surface area contributed by atoms with Gasteiger partial charge < -0.3 is 9.47 Å². The topological polar surface area (TPSA) is 223 Å². The molecule has 4 aromatic rings. The standard InChI is InChI=1S/C15H15ClN4O6S.C11H10Cl2F2N4O3S/c1-3-26-13(21)9-6-4-5-7-10(9)27(23,24)20-15(22)19-14-17-11(16)8-12(18-14)25-2;1-5-16-19(11(20)18(5)10(14)15)9-4-8(17-23(2,21)22)6(12)3-7(9)13/h4-8H,3H2,1-2H3,(H2,17,18,19,20,22);3-4,10,17H,1-2H3. The number of benzene rings is 2. The van der Waals surface area contributed by atoms with E-state index in [4.69, 9.17) is 44.3 Å². The van der Waals surface area contributed by atoms with E-state index in [-0.39, 0.29) is 61.0 Å². The zero-order chi connectivity index (χ0) is 37.6. The molecular weight excluding hydrogens is 777 g/mol. The highest BCUT2D eigenvalue weighted by atomic mass is 35.5. The number of ether oxygens (including phenoxy) is 2. The predicted octanol–water partition coefficient (Wildman–Crippen LogP) is 4.24. The van der Waals surface area contributed by atoms with Crippen LogP contribution in [0, 0.1) is 6.92 Å². The Kier molecular flexibility index (Phi) is 13.1.